The van der Waals surface area contributed by atoms with Crippen LogP contribution in [0.15, 0.2) is 24.3 Å². The molecule has 0 aliphatic heterocycles. The largest absolute Gasteiger partial charge is 0.323 e. The maximum atomic E-state index is 12.7. The van der Waals surface area contributed by atoms with Crippen molar-refractivity contribution in [3.63, 3.8) is 0 Å². The van der Waals surface area contributed by atoms with Gasteiger partial charge in [0.25, 0.3) is 5.91 Å². The highest BCUT2D eigenvalue weighted by Gasteiger charge is 2.17. The van der Waals surface area contributed by atoms with Gasteiger partial charge in [0, 0.05) is 0 Å². The first kappa shape index (κ1) is 16.8. The van der Waals surface area contributed by atoms with Gasteiger partial charge in [-0.2, -0.15) is 0 Å². The third-order valence-corrected chi connectivity index (χ3v) is 3.68. The van der Waals surface area contributed by atoms with Gasteiger partial charge in [-0.25, -0.2) is 9.45 Å². The van der Waals surface area contributed by atoms with E-state index in [0.717, 1.165) is 0 Å². The molecular weight excluding hydrogens is 282 g/mol. The number of hydroxylamine groups is 2. The molecule has 0 spiro atoms. The van der Waals surface area contributed by atoms with Crippen LogP contribution in [-0.2, 0) is 15.9 Å². The van der Waals surface area contributed by atoms with Crippen molar-refractivity contribution in [2.45, 2.75) is 6.54 Å². The van der Waals surface area contributed by atoms with Crippen LogP contribution >= 0.6 is 7.14 Å². The van der Waals surface area contributed by atoms with Crippen LogP contribution in [0.3, 0.4) is 0 Å². The molecule has 0 saturated heterocycles. The normalized spacial score (nSPS) is 11.7. The lowest BCUT2D eigenvalue weighted by atomic mass is 10.2. The van der Waals surface area contributed by atoms with E-state index in [-0.39, 0.29) is 18.9 Å². The van der Waals surface area contributed by atoms with Gasteiger partial charge in [-0.15, -0.1) is 0 Å². The van der Waals surface area contributed by atoms with Gasteiger partial charge in [0.05, 0.1) is 26.5 Å². The predicted octanol–water partition coefficient (Wildman–Crippen LogP) is 2.06. The van der Waals surface area contributed by atoms with Crippen molar-refractivity contribution in [2.75, 3.05) is 33.2 Å². The molecule has 5 nitrogen and oxygen atoms in total. The van der Waals surface area contributed by atoms with Crippen molar-refractivity contribution in [1.29, 1.82) is 0 Å². The minimum Gasteiger partial charge on any atom is -0.323 e. The molecule has 1 aromatic rings. The molecule has 0 aliphatic carbocycles. The topological polar surface area (TPSA) is 60.9 Å². The minimum atomic E-state index is -2.25. The van der Waals surface area contributed by atoms with E-state index in [1.54, 1.807) is 25.3 Å². The first-order chi connectivity index (χ1) is 9.17. The van der Waals surface area contributed by atoms with Crippen molar-refractivity contribution in [3.8, 4) is 0 Å². The smallest absolute Gasteiger partial charge is 0.260 e. The lowest BCUT2D eigenvalue weighted by Gasteiger charge is -2.21. The predicted molar refractivity (Wildman–Crippen MR) is 75.7 cm³/mol. The molecule has 0 fully saturated rings. The van der Waals surface area contributed by atoms with Gasteiger partial charge in [0.1, 0.15) is 5.82 Å². The number of carbonyl (C=O) groups is 1. The monoisotopic (exact) mass is 302 g/mol. The zero-order valence-corrected chi connectivity index (χ0v) is 12.8. The Morgan fingerprint density at radius 3 is 2.35 bits per heavy atom. The van der Waals surface area contributed by atoms with Crippen LogP contribution in [0.4, 0.5) is 4.39 Å². The number of carbonyl (C=O) groups excluding carboxylic acids is 1. The van der Waals surface area contributed by atoms with Crippen LogP contribution in [0.5, 0.6) is 0 Å². The van der Waals surface area contributed by atoms with Crippen LogP contribution in [-0.4, -0.2) is 54.3 Å². The maximum Gasteiger partial charge on any atom is 0.260 e. The van der Waals surface area contributed by atoms with E-state index in [9.17, 15) is 19.0 Å². The molecule has 7 heteroatoms. The number of hydrogen-bond donors (Lipinski definition) is 1. The van der Waals surface area contributed by atoms with E-state index in [4.69, 9.17) is 0 Å². The lowest BCUT2D eigenvalue weighted by molar-refractivity contribution is -0.168. The Labute approximate surface area is 118 Å². The summed E-state index contributed by atoms with van der Waals surface area (Å²) in [4.78, 5) is 13.4. The second kappa shape index (κ2) is 6.97. The first-order valence-electron chi connectivity index (χ1n) is 6.13. The highest BCUT2D eigenvalue weighted by atomic mass is 31.2. The Morgan fingerprint density at radius 2 is 1.85 bits per heavy atom. The summed E-state index contributed by atoms with van der Waals surface area (Å²) in [5.41, 5.74) is 0.626. The van der Waals surface area contributed by atoms with Gasteiger partial charge in [0.15, 0.2) is 0 Å². The van der Waals surface area contributed by atoms with Crippen LogP contribution in [0.2, 0.25) is 0 Å². The van der Waals surface area contributed by atoms with E-state index in [1.807, 2.05) is 0 Å². The fourth-order valence-electron chi connectivity index (χ4n) is 1.79. The SMILES string of the molecule is CN(CC(=O)N(O)Cc1ccc(F)cc1)CP(C)(C)=O. The summed E-state index contributed by atoms with van der Waals surface area (Å²) in [7, 11) is -0.579. The van der Waals surface area contributed by atoms with Gasteiger partial charge < -0.3 is 4.57 Å². The van der Waals surface area contributed by atoms with Crippen molar-refractivity contribution in [1.82, 2.24) is 9.96 Å². The maximum absolute atomic E-state index is 12.7. The Hall–Kier alpha value is -1.23. The Kier molecular flexibility index (Phi) is 5.87. The average molecular weight is 302 g/mol. The number of rotatable bonds is 6. The van der Waals surface area contributed by atoms with Gasteiger partial charge in [-0.1, -0.05) is 12.1 Å². The van der Waals surface area contributed by atoms with Crippen LogP contribution in [0, 0.1) is 5.82 Å². The molecule has 0 bridgehead atoms. The number of amides is 1. The first-order valence-corrected chi connectivity index (χ1v) is 8.92. The zero-order chi connectivity index (χ0) is 15.3. The van der Waals surface area contributed by atoms with E-state index < -0.39 is 13.0 Å². The second-order valence-electron chi connectivity index (χ2n) is 5.31. The van der Waals surface area contributed by atoms with Gasteiger partial charge in [-0.3, -0.25) is 14.9 Å². The minimum absolute atomic E-state index is 0.0110. The summed E-state index contributed by atoms with van der Waals surface area (Å²) in [5, 5.41) is 10.3. The molecule has 0 aliphatic rings. The van der Waals surface area contributed by atoms with Crippen molar-refractivity contribution in [3.05, 3.63) is 35.6 Å². The summed E-state index contributed by atoms with van der Waals surface area (Å²) >= 11 is 0. The molecule has 1 aromatic carbocycles. The Bertz CT molecular complexity index is 501. The number of benzene rings is 1. The van der Waals surface area contributed by atoms with Crippen LogP contribution in [0.25, 0.3) is 0 Å². The highest BCUT2D eigenvalue weighted by Crippen LogP contribution is 2.35. The third-order valence-electron chi connectivity index (χ3n) is 2.52. The molecule has 0 unspecified atom stereocenters. The summed E-state index contributed by atoms with van der Waals surface area (Å²) in [6.45, 7) is 3.25. The molecule has 1 N–H and O–H groups in total. The Morgan fingerprint density at radius 1 is 1.30 bits per heavy atom. The standard InChI is InChI=1S/C13H20FN2O3P/c1-15(10-20(2,3)19)9-13(17)16(18)8-11-4-6-12(14)7-5-11/h4-7,18H,8-10H2,1-3H3. The number of hydrogen-bond acceptors (Lipinski definition) is 4. The average Bonchev–Trinajstić information content (AvgIpc) is 2.29. The molecule has 1 amide bonds. The van der Waals surface area contributed by atoms with E-state index in [2.05, 4.69) is 0 Å². The van der Waals surface area contributed by atoms with E-state index in [0.29, 0.717) is 16.9 Å². The van der Waals surface area contributed by atoms with Crippen LogP contribution < -0.4 is 0 Å². The molecule has 20 heavy (non-hydrogen) atoms. The van der Waals surface area contributed by atoms with Crippen molar-refractivity contribution < 1.29 is 19.0 Å². The molecule has 0 aromatic heterocycles. The third kappa shape index (κ3) is 6.28. The van der Waals surface area contributed by atoms with Crippen molar-refractivity contribution in [2.24, 2.45) is 0 Å². The van der Waals surface area contributed by atoms with Gasteiger partial charge >= 0.3 is 0 Å². The van der Waals surface area contributed by atoms with Crippen molar-refractivity contribution >= 4 is 13.0 Å². The molecule has 0 radical (unpaired) electrons. The van der Waals surface area contributed by atoms with E-state index in [1.165, 1.54) is 24.3 Å². The fraction of sp³-hybridized carbons (Fsp3) is 0.462. The quantitative estimate of drug-likeness (QED) is 0.496. The molecule has 1 rings (SSSR count). The molecule has 0 heterocycles. The van der Waals surface area contributed by atoms with Gasteiger partial charge in [-0.05, 0) is 38.1 Å². The number of likely N-dealkylation sites (N-methyl/N-ethyl adjacent to an activating group) is 1. The fourth-order valence-corrected chi connectivity index (χ4v) is 3.06. The summed E-state index contributed by atoms with van der Waals surface area (Å²) < 4.78 is 24.4. The van der Waals surface area contributed by atoms with Gasteiger partial charge in [0.2, 0.25) is 0 Å². The number of halogens is 1. The zero-order valence-electron chi connectivity index (χ0n) is 11.9. The summed E-state index contributed by atoms with van der Waals surface area (Å²) in [5.74, 6) is -0.865. The second-order valence-corrected chi connectivity index (χ2v) is 8.74. The molecular formula is C13H20FN2O3P. The Balaban J connectivity index is 2.50. The lowest BCUT2D eigenvalue weighted by Crippen LogP contribution is -2.36. The van der Waals surface area contributed by atoms with E-state index >= 15 is 0 Å². The molecule has 0 saturated carbocycles. The number of nitrogens with zero attached hydrogens (tertiary/aromatic N) is 2. The molecule has 112 valence electrons. The highest BCUT2D eigenvalue weighted by molar-refractivity contribution is 7.62. The summed E-state index contributed by atoms with van der Waals surface area (Å²) in [6.07, 6.45) is 0.309. The summed E-state index contributed by atoms with van der Waals surface area (Å²) in [6, 6.07) is 5.54. The molecule has 0 atom stereocenters. The van der Waals surface area contributed by atoms with Crippen LogP contribution in [0.1, 0.15) is 5.56 Å².